The highest BCUT2D eigenvalue weighted by atomic mass is 35.5. The van der Waals surface area contributed by atoms with E-state index in [1.807, 2.05) is 13.8 Å². The van der Waals surface area contributed by atoms with Gasteiger partial charge in [-0.3, -0.25) is 10.1 Å². The second-order valence-electron chi connectivity index (χ2n) is 5.26. The Morgan fingerprint density at radius 3 is 2.42 bits per heavy atom. The topological polar surface area (TPSA) is 50.4 Å². The van der Waals surface area contributed by atoms with Crippen molar-refractivity contribution in [3.8, 4) is 5.75 Å². The van der Waals surface area contributed by atoms with E-state index >= 15 is 0 Å². The molecule has 0 aliphatic rings. The van der Waals surface area contributed by atoms with Gasteiger partial charge in [-0.2, -0.15) is 0 Å². The van der Waals surface area contributed by atoms with Crippen molar-refractivity contribution in [2.24, 2.45) is 0 Å². The number of hydrogen-bond donors (Lipinski definition) is 2. The average molecular weight is 383 g/mol. The fraction of sp³-hybridized carbons (Fsp3) is 0.176. The number of nitrogens with one attached hydrogen (secondary N) is 2. The van der Waals surface area contributed by atoms with Gasteiger partial charge < -0.3 is 10.1 Å². The first kappa shape index (κ1) is 18.5. The number of carbonyl (C=O) groups excluding carboxylic acids is 1. The summed E-state index contributed by atoms with van der Waals surface area (Å²) in [4.78, 5) is 12.3. The minimum atomic E-state index is -0.338. The van der Waals surface area contributed by atoms with Crippen molar-refractivity contribution in [2.75, 3.05) is 5.32 Å². The van der Waals surface area contributed by atoms with Gasteiger partial charge in [0.1, 0.15) is 5.75 Å². The molecule has 7 heteroatoms. The molecule has 0 atom stereocenters. The zero-order valence-electron chi connectivity index (χ0n) is 13.1. The van der Waals surface area contributed by atoms with Crippen molar-refractivity contribution in [3.05, 3.63) is 58.1 Å². The fourth-order valence-electron chi connectivity index (χ4n) is 1.95. The first-order valence-electron chi connectivity index (χ1n) is 7.18. The van der Waals surface area contributed by atoms with Crippen molar-refractivity contribution >= 4 is 52.1 Å². The van der Waals surface area contributed by atoms with Crippen LogP contribution < -0.4 is 15.4 Å². The third-order valence-corrected chi connectivity index (χ3v) is 3.46. The van der Waals surface area contributed by atoms with Gasteiger partial charge >= 0.3 is 0 Å². The van der Waals surface area contributed by atoms with Gasteiger partial charge in [0, 0.05) is 21.3 Å². The van der Waals surface area contributed by atoms with Crippen molar-refractivity contribution in [2.45, 2.75) is 20.0 Å². The quantitative estimate of drug-likeness (QED) is 0.737. The summed E-state index contributed by atoms with van der Waals surface area (Å²) >= 11 is 17.0. The summed E-state index contributed by atoms with van der Waals surface area (Å²) in [5.74, 6) is 0.285. The van der Waals surface area contributed by atoms with Crippen LogP contribution in [0.3, 0.4) is 0 Å². The Balaban J connectivity index is 2.02. The number of ether oxygens (including phenoxy) is 1. The van der Waals surface area contributed by atoms with Crippen LogP contribution in [0.25, 0.3) is 0 Å². The zero-order valence-corrected chi connectivity index (χ0v) is 15.4. The van der Waals surface area contributed by atoms with Crippen LogP contribution in [0, 0.1) is 0 Å². The molecule has 4 nitrogen and oxygen atoms in total. The molecule has 0 unspecified atom stereocenters. The summed E-state index contributed by atoms with van der Waals surface area (Å²) in [7, 11) is 0. The maximum atomic E-state index is 12.3. The lowest BCUT2D eigenvalue weighted by Crippen LogP contribution is -2.34. The number of benzene rings is 2. The van der Waals surface area contributed by atoms with Crippen molar-refractivity contribution < 1.29 is 9.53 Å². The van der Waals surface area contributed by atoms with E-state index in [1.54, 1.807) is 42.5 Å². The van der Waals surface area contributed by atoms with Gasteiger partial charge in [0.2, 0.25) is 0 Å². The molecule has 0 saturated carbocycles. The second kappa shape index (κ2) is 8.33. The molecule has 2 N–H and O–H groups in total. The Kier molecular flexibility index (Phi) is 6.43. The fourth-order valence-corrected chi connectivity index (χ4v) is 2.68. The Labute approximate surface area is 156 Å². The lowest BCUT2D eigenvalue weighted by atomic mass is 10.2. The second-order valence-corrected chi connectivity index (χ2v) is 6.54. The number of anilines is 1. The van der Waals surface area contributed by atoms with Crippen LogP contribution in [-0.4, -0.2) is 17.1 Å². The summed E-state index contributed by atoms with van der Waals surface area (Å²) in [5.41, 5.74) is 1.04. The lowest BCUT2D eigenvalue weighted by Gasteiger charge is -2.12. The highest BCUT2D eigenvalue weighted by Crippen LogP contribution is 2.22. The number of hydrogen-bond acceptors (Lipinski definition) is 3. The monoisotopic (exact) mass is 382 g/mol. The molecule has 24 heavy (non-hydrogen) atoms. The van der Waals surface area contributed by atoms with E-state index in [2.05, 4.69) is 10.6 Å². The minimum Gasteiger partial charge on any atom is -0.491 e. The van der Waals surface area contributed by atoms with Crippen molar-refractivity contribution in [3.63, 3.8) is 0 Å². The van der Waals surface area contributed by atoms with Gasteiger partial charge in [-0.05, 0) is 62.5 Å². The molecule has 0 spiro atoms. The molecule has 0 fully saturated rings. The Morgan fingerprint density at radius 1 is 1.12 bits per heavy atom. The molecule has 0 aliphatic carbocycles. The molecule has 0 radical (unpaired) electrons. The molecule has 2 aromatic rings. The number of carbonyl (C=O) groups is 1. The van der Waals surface area contributed by atoms with E-state index in [1.165, 1.54) is 0 Å². The molecule has 0 bridgehead atoms. The Hall–Kier alpha value is -1.82. The van der Waals surface area contributed by atoms with E-state index in [0.29, 0.717) is 27.0 Å². The summed E-state index contributed by atoms with van der Waals surface area (Å²) < 4.78 is 5.57. The Bertz CT molecular complexity index is 746. The zero-order chi connectivity index (χ0) is 17.7. The molecule has 2 rings (SSSR count). The van der Waals surface area contributed by atoms with Gasteiger partial charge in [0.15, 0.2) is 5.11 Å². The average Bonchev–Trinajstić information content (AvgIpc) is 2.45. The highest BCUT2D eigenvalue weighted by molar-refractivity contribution is 7.80. The van der Waals surface area contributed by atoms with Gasteiger partial charge in [-0.1, -0.05) is 29.3 Å². The number of halogens is 2. The molecule has 2 aromatic carbocycles. The van der Waals surface area contributed by atoms with Gasteiger partial charge in [-0.25, -0.2) is 0 Å². The first-order valence-corrected chi connectivity index (χ1v) is 8.35. The van der Waals surface area contributed by atoms with Crippen LogP contribution in [0.2, 0.25) is 10.0 Å². The normalized spacial score (nSPS) is 10.4. The summed E-state index contributed by atoms with van der Waals surface area (Å²) in [6, 6.07) is 11.8. The lowest BCUT2D eigenvalue weighted by molar-refractivity contribution is 0.0977. The predicted octanol–water partition coefficient (Wildman–Crippen LogP) is 4.91. The van der Waals surface area contributed by atoms with E-state index < -0.39 is 0 Å². The van der Waals surface area contributed by atoms with Crippen LogP contribution in [0.4, 0.5) is 5.69 Å². The minimum absolute atomic E-state index is 0.0265. The third-order valence-electron chi connectivity index (χ3n) is 2.82. The van der Waals surface area contributed by atoms with Crippen LogP contribution in [0.1, 0.15) is 24.2 Å². The smallest absolute Gasteiger partial charge is 0.257 e. The van der Waals surface area contributed by atoms with E-state index in [9.17, 15) is 4.79 Å². The molecule has 0 aliphatic heterocycles. The molecule has 1 amide bonds. The third kappa shape index (κ3) is 5.67. The summed E-state index contributed by atoms with van der Waals surface area (Å²) in [6.45, 7) is 3.84. The van der Waals surface area contributed by atoms with Crippen LogP contribution >= 0.6 is 35.4 Å². The van der Waals surface area contributed by atoms with Gasteiger partial charge in [0.05, 0.1) is 6.10 Å². The molecular formula is C17H16Cl2N2O2S. The molecular weight excluding hydrogens is 367 g/mol. The van der Waals surface area contributed by atoms with Crippen LogP contribution in [-0.2, 0) is 0 Å². The van der Waals surface area contributed by atoms with E-state index in [4.69, 9.17) is 40.2 Å². The number of amides is 1. The maximum Gasteiger partial charge on any atom is 0.257 e. The highest BCUT2D eigenvalue weighted by Gasteiger charge is 2.10. The summed E-state index contributed by atoms with van der Waals surface area (Å²) in [6.07, 6.45) is 0.0265. The standard InChI is InChI=1S/C17H16Cl2N2O2S/c1-10(2)23-15-5-3-4-11(6-15)16(22)21-17(24)20-14-8-12(18)7-13(19)9-14/h3-10H,1-2H3,(H2,20,21,22,24). The van der Waals surface area contributed by atoms with E-state index in [-0.39, 0.29) is 17.1 Å². The van der Waals surface area contributed by atoms with Crippen LogP contribution in [0.15, 0.2) is 42.5 Å². The molecule has 0 saturated heterocycles. The van der Waals surface area contributed by atoms with Crippen LogP contribution in [0.5, 0.6) is 5.75 Å². The van der Waals surface area contributed by atoms with Gasteiger partial charge in [-0.15, -0.1) is 0 Å². The Morgan fingerprint density at radius 2 is 1.79 bits per heavy atom. The van der Waals surface area contributed by atoms with Gasteiger partial charge in [0.25, 0.3) is 5.91 Å². The maximum absolute atomic E-state index is 12.3. The largest absolute Gasteiger partial charge is 0.491 e. The predicted molar refractivity (Wildman–Crippen MR) is 102 cm³/mol. The molecule has 0 aromatic heterocycles. The van der Waals surface area contributed by atoms with Crippen molar-refractivity contribution in [1.82, 2.24) is 5.32 Å². The SMILES string of the molecule is CC(C)Oc1cccc(C(=O)NC(=S)Nc2cc(Cl)cc(Cl)c2)c1. The first-order chi connectivity index (χ1) is 11.3. The number of thiocarbonyl (C=S) groups is 1. The van der Waals surface area contributed by atoms with E-state index in [0.717, 1.165) is 0 Å². The van der Waals surface area contributed by atoms with Crippen molar-refractivity contribution in [1.29, 1.82) is 0 Å². The molecule has 0 heterocycles. The number of rotatable bonds is 4. The molecule has 126 valence electrons. The summed E-state index contributed by atoms with van der Waals surface area (Å²) in [5, 5.41) is 6.56.